The minimum atomic E-state index is -1.17. The molecule has 0 saturated heterocycles. The van der Waals surface area contributed by atoms with Crippen molar-refractivity contribution in [3.63, 3.8) is 0 Å². The van der Waals surface area contributed by atoms with Crippen LogP contribution in [0.15, 0.2) is 18.5 Å². The SMILES string of the molecule is CCCNc1nc(C#Cc2ccc(Cl)s2)nc2c1ncn2C1C(OC(=O)[C@@H](N)C(C)C)C(OC(=O)[C@@H](N)C(C)C)C2(C(=O)NC)CC12. The van der Waals surface area contributed by atoms with E-state index in [1.165, 1.54) is 18.4 Å². The number of hydrogen-bond acceptors (Lipinski definition) is 12. The van der Waals surface area contributed by atoms with Crippen LogP contribution in [0.4, 0.5) is 5.82 Å². The number of carbonyl (C=O) groups excluding carboxylic acids is 3. The van der Waals surface area contributed by atoms with Gasteiger partial charge >= 0.3 is 11.9 Å². The number of esters is 2. The lowest BCUT2D eigenvalue weighted by molar-refractivity contribution is -0.177. The molecule has 6 N–H and O–H groups in total. The van der Waals surface area contributed by atoms with Gasteiger partial charge in [0.15, 0.2) is 29.2 Å². The van der Waals surface area contributed by atoms with Crippen molar-refractivity contribution in [3.8, 4) is 11.8 Å². The molecule has 47 heavy (non-hydrogen) atoms. The Morgan fingerprint density at radius 2 is 1.79 bits per heavy atom. The van der Waals surface area contributed by atoms with Crippen molar-refractivity contribution in [2.45, 2.75) is 77.8 Å². The number of nitrogens with one attached hydrogen (secondary N) is 2. The molecule has 3 aromatic rings. The molecule has 0 radical (unpaired) electrons. The van der Waals surface area contributed by atoms with Gasteiger partial charge in [0.05, 0.1) is 27.0 Å². The van der Waals surface area contributed by atoms with Gasteiger partial charge in [0.25, 0.3) is 0 Å². The highest BCUT2D eigenvalue weighted by Gasteiger charge is 2.78. The van der Waals surface area contributed by atoms with Crippen LogP contribution in [-0.4, -0.2) is 75.2 Å². The van der Waals surface area contributed by atoms with E-state index in [2.05, 4.69) is 32.4 Å². The van der Waals surface area contributed by atoms with Gasteiger partial charge in [0.2, 0.25) is 11.7 Å². The first kappa shape index (κ1) is 34.6. The van der Waals surface area contributed by atoms with Crippen LogP contribution < -0.4 is 22.1 Å². The van der Waals surface area contributed by atoms with E-state index in [1.54, 1.807) is 44.7 Å². The lowest BCUT2D eigenvalue weighted by Gasteiger charge is -2.32. The number of aromatic nitrogens is 4. The number of nitrogens with two attached hydrogens (primary N) is 2. The molecule has 0 spiro atoms. The lowest BCUT2D eigenvalue weighted by Crippen LogP contribution is -2.50. The number of carbonyl (C=O) groups is 3. The molecule has 252 valence electrons. The second kappa shape index (κ2) is 13.8. The van der Waals surface area contributed by atoms with E-state index in [0.717, 1.165) is 11.3 Å². The summed E-state index contributed by atoms with van der Waals surface area (Å²) in [7, 11) is 1.52. The van der Waals surface area contributed by atoms with Gasteiger partial charge in [-0.1, -0.05) is 46.2 Å². The van der Waals surface area contributed by atoms with E-state index in [-0.39, 0.29) is 23.6 Å². The molecule has 2 fully saturated rings. The predicted molar refractivity (Wildman–Crippen MR) is 178 cm³/mol. The summed E-state index contributed by atoms with van der Waals surface area (Å²) in [5.41, 5.74) is 12.1. The summed E-state index contributed by atoms with van der Waals surface area (Å²) in [6.45, 7) is 9.86. The third-order valence-corrected chi connectivity index (χ3v) is 10.0. The molecule has 2 saturated carbocycles. The van der Waals surface area contributed by atoms with Crippen LogP contribution in [0.1, 0.15) is 64.2 Å². The van der Waals surface area contributed by atoms with Crippen molar-refractivity contribution < 1.29 is 23.9 Å². The molecule has 5 unspecified atom stereocenters. The Hall–Kier alpha value is -3.77. The molecule has 0 aliphatic heterocycles. The molecule has 3 aromatic heterocycles. The Morgan fingerprint density at radius 3 is 2.38 bits per heavy atom. The van der Waals surface area contributed by atoms with Crippen molar-refractivity contribution in [1.29, 1.82) is 0 Å². The highest BCUT2D eigenvalue weighted by molar-refractivity contribution is 7.16. The Balaban J connectivity index is 1.65. The van der Waals surface area contributed by atoms with Gasteiger partial charge in [0.1, 0.15) is 12.1 Å². The highest BCUT2D eigenvalue weighted by Crippen LogP contribution is 2.69. The van der Waals surface area contributed by atoms with Crippen molar-refractivity contribution in [3.05, 3.63) is 33.5 Å². The number of ether oxygens (including phenoxy) is 2. The summed E-state index contributed by atoms with van der Waals surface area (Å²) >= 11 is 7.43. The topological polar surface area (TPSA) is 189 Å². The van der Waals surface area contributed by atoms with E-state index in [1.807, 2.05) is 13.0 Å². The fourth-order valence-electron chi connectivity index (χ4n) is 6.05. The Morgan fingerprint density at radius 1 is 1.11 bits per heavy atom. The van der Waals surface area contributed by atoms with Crippen LogP contribution in [0.2, 0.25) is 4.34 Å². The zero-order valence-corrected chi connectivity index (χ0v) is 28.8. The van der Waals surface area contributed by atoms with Crippen molar-refractivity contribution in [2.24, 2.45) is 34.6 Å². The monoisotopic (exact) mass is 684 g/mol. The zero-order valence-electron chi connectivity index (χ0n) is 27.2. The van der Waals surface area contributed by atoms with Gasteiger partial charge in [-0.2, -0.15) is 0 Å². The summed E-state index contributed by atoms with van der Waals surface area (Å²) < 4.78 is 14.5. The number of imidazole rings is 1. The molecular formula is C32H41ClN8O5S. The fraction of sp³-hybridized carbons (Fsp3) is 0.562. The van der Waals surface area contributed by atoms with Gasteiger partial charge in [-0.05, 0) is 48.7 Å². The maximum absolute atomic E-state index is 13.6. The fourth-order valence-corrected chi connectivity index (χ4v) is 6.95. The second-order valence-corrected chi connectivity index (χ2v) is 14.4. The van der Waals surface area contributed by atoms with Crippen LogP contribution >= 0.6 is 22.9 Å². The van der Waals surface area contributed by atoms with Crippen LogP contribution in [0.25, 0.3) is 11.2 Å². The molecule has 2 aliphatic carbocycles. The first-order chi connectivity index (χ1) is 22.3. The molecule has 0 bridgehead atoms. The summed E-state index contributed by atoms with van der Waals surface area (Å²) in [5, 5.41) is 6.03. The van der Waals surface area contributed by atoms with Gasteiger partial charge in [0, 0.05) is 19.5 Å². The number of anilines is 1. The average Bonchev–Trinajstić information content (AvgIpc) is 3.27. The smallest absolute Gasteiger partial charge is 0.323 e. The number of amides is 1. The second-order valence-electron chi connectivity index (χ2n) is 12.7. The maximum atomic E-state index is 13.6. The quantitative estimate of drug-likeness (QED) is 0.172. The Bertz CT molecular complexity index is 1730. The van der Waals surface area contributed by atoms with Crippen LogP contribution in [0, 0.1) is 35.0 Å². The first-order valence-corrected chi connectivity index (χ1v) is 16.9. The van der Waals surface area contributed by atoms with Crippen molar-refractivity contribution in [2.75, 3.05) is 18.9 Å². The summed E-state index contributed by atoms with van der Waals surface area (Å²) in [5.74, 6) is 4.24. The Kier molecular flexibility index (Phi) is 10.1. The van der Waals surface area contributed by atoms with Crippen LogP contribution in [-0.2, 0) is 23.9 Å². The van der Waals surface area contributed by atoms with E-state index >= 15 is 0 Å². The third-order valence-electron chi connectivity index (χ3n) is 8.90. The third kappa shape index (κ3) is 6.54. The highest BCUT2D eigenvalue weighted by atomic mass is 35.5. The van der Waals surface area contributed by atoms with Crippen molar-refractivity contribution >= 4 is 57.8 Å². The van der Waals surface area contributed by atoms with Gasteiger partial charge in [-0.25, -0.2) is 15.0 Å². The number of hydrogen-bond donors (Lipinski definition) is 4. The molecule has 0 aromatic carbocycles. The van der Waals surface area contributed by atoms with Crippen molar-refractivity contribution in [1.82, 2.24) is 24.8 Å². The standard InChI is InChI=1S/C32H41ClN8O5S/c1-7-12-37-27-23-28(40-20(39-27)11-9-17-8-10-19(33)47-17)41(14-38-23)24-18-13-32(18,31(44)36-6)26(46-30(43)22(35)16(4)5)25(24)45-29(42)21(34)15(2)3/h8,10,14-16,18,21-22,24-26H,7,12-13,34-35H2,1-6H3,(H,36,44)(H,37,39,40)/t18?,21-,22-,24?,25?,26?,32?/m0/s1. The molecule has 5 rings (SSSR count). The number of halogens is 1. The van der Waals surface area contributed by atoms with Gasteiger partial charge < -0.3 is 36.1 Å². The molecular weight excluding hydrogens is 644 g/mol. The largest absolute Gasteiger partial charge is 0.456 e. The number of fused-ring (bicyclic) bond motifs is 2. The average molecular weight is 685 g/mol. The molecule has 2 aliphatic rings. The number of rotatable bonds is 11. The van der Waals surface area contributed by atoms with Crippen LogP contribution in [0.5, 0.6) is 0 Å². The Labute approximate surface area is 282 Å². The van der Waals surface area contributed by atoms with Gasteiger partial charge in [-0.3, -0.25) is 14.4 Å². The van der Waals surface area contributed by atoms with E-state index in [0.29, 0.717) is 34.3 Å². The minimum Gasteiger partial charge on any atom is -0.456 e. The van der Waals surface area contributed by atoms with Gasteiger partial charge in [-0.15, -0.1) is 11.3 Å². The molecule has 13 nitrogen and oxygen atoms in total. The van der Waals surface area contributed by atoms with Crippen LogP contribution in [0.3, 0.4) is 0 Å². The molecule has 3 heterocycles. The minimum absolute atomic E-state index is 0.228. The first-order valence-electron chi connectivity index (χ1n) is 15.7. The number of nitrogens with zero attached hydrogens (tertiary/aromatic N) is 4. The van der Waals surface area contributed by atoms with E-state index in [9.17, 15) is 14.4 Å². The normalized spacial score (nSPS) is 24.3. The predicted octanol–water partition coefficient (Wildman–Crippen LogP) is 2.86. The summed E-state index contributed by atoms with van der Waals surface area (Å²) in [6, 6.07) is 0.991. The van der Waals surface area contributed by atoms with E-state index in [4.69, 9.17) is 37.5 Å². The molecule has 15 heteroatoms. The number of thiophene rings is 1. The molecule has 1 amide bonds. The molecule has 7 atom stereocenters. The van der Waals surface area contributed by atoms with E-state index < -0.39 is 53.6 Å². The lowest BCUT2D eigenvalue weighted by atomic mass is 9.96. The summed E-state index contributed by atoms with van der Waals surface area (Å²) in [6.07, 6.45) is 0.540. The zero-order chi connectivity index (χ0) is 34.2. The maximum Gasteiger partial charge on any atom is 0.323 e. The summed E-state index contributed by atoms with van der Waals surface area (Å²) in [4.78, 5) is 55.1.